The molecule has 2 aromatic heterocycles. The van der Waals surface area contributed by atoms with Crippen molar-refractivity contribution in [1.29, 1.82) is 0 Å². The second kappa shape index (κ2) is 10.8. The van der Waals surface area contributed by atoms with E-state index in [4.69, 9.17) is 9.47 Å². The van der Waals surface area contributed by atoms with Crippen LogP contribution in [-0.4, -0.2) is 66.3 Å². The number of piperazine rings is 1. The first-order chi connectivity index (χ1) is 17.3. The molecule has 0 amide bonds. The zero-order chi connectivity index (χ0) is 25.8. The quantitative estimate of drug-likeness (QED) is 0.289. The van der Waals surface area contributed by atoms with E-state index in [1.807, 2.05) is 24.5 Å². The number of hydrogen-bond donors (Lipinski definition) is 1. The van der Waals surface area contributed by atoms with Crippen LogP contribution in [0.4, 0.5) is 5.82 Å². The number of allylic oxidation sites excluding steroid dienone is 2. The first-order valence-electron chi connectivity index (χ1n) is 11.8. The highest BCUT2D eigenvalue weighted by Crippen LogP contribution is 2.31. The normalized spacial score (nSPS) is 13.5. The molecule has 0 unspecified atom stereocenters. The van der Waals surface area contributed by atoms with E-state index >= 15 is 0 Å². The van der Waals surface area contributed by atoms with Crippen molar-refractivity contribution in [2.24, 2.45) is 0 Å². The van der Waals surface area contributed by atoms with E-state index in [0.29, 0.717) is 36.8 Å². The Labute approximate surface area is 209 Å². The van der Waals surface area contributed by atoms with Crippen LogP contribution in [0.15, 0.2) is 47.0 Å². The zero-order valence-electron chi connectivity index (χ0n) is 21.0. The highest BCUT2D eigenvalue weighted by molar-refractivity contribution is 6.08. The number of benzene rings is 1. The Bertz CT molecular complexity index is 1380. The number of carbonyl (C=O) groups is 2. The molecule has 1 aromatic carbocycles. The summed E-state index contributed by atoms with van der Waals surface area (Å²) in [6, 6.07) is 6.79. The van der Waals surface area contributed by atoms with Gasteiger partial charge in [0.15, 0.2) is 5.78 Å². The van der Waals surface area contributed by atoms with Crippen molar-refractivity contribution in [3.05, 3.63) is 63.7 Å². The van der Waals surface area contributed by atoms with E-state index in [0.717, 1.165) is 18.7 Å². The number of aromatic nitrogens is 3. The summed E-state index contributed by atoms with van der Waals surface area (Å²) in [5, 5.41) is 3.31. The van der Waals surface area contributed by atoms with Crippen molar-refractivity contribution in [2.45, 2.75) is 26.9 Å². The summed E-state index contributed by atoms with van der Waals surface area (Å²) < 4.78 is 13.4. The average molecular weight is 494 g/mol. The molecule has 3 heterocycles. The highest BCUT2D eigenvalue weighted by atomic mass is 16.5. The number of carbonyl (C=O) groups excluding carboxylic acids is 2. The van der Waals surface area contributed by atoms with Crippen LogP contribution in [-0.2, 0) is 17.8 Å². The van der Waals surface area contributed by atoms with Gasteiger partial charge in [0.25, 0.3) is 5.56 Å². The Morgan fingerprint density at radius 3 is 2.58 bits per heavy atom. The molecule has 1 aliphatic rings. The molecule has 36 heavy (non-hydrogen) atoms. The fourth-order valence-electron chi connectivity index (χ4n) is 4.35. The molecule has 0 bridgehead atoms. The Morgan fingerprint density at radius 2 is 1.92 bits per heavy atom. The van der Waals surface area contributed by atoms with Gasteiger partial charge in [0, 0.05) is 38.3 Å². The maximum atomic E-state index is 13.8. The van der Waals surface area contributed by atoms with Gasteiger partial charge in [0.1, 0.15) is 28.2 Å². The molecular formula is C26H31N5O5. The fraction of sp³-hybridized carbons (Fsp3) is 0.385. The molecule has 1 fully saturated rings. The van der Waals surface area contributed by atoms with Crippen LogP contribution in [0.3, 0.4) is 0 Å². The summed E-state index contributed by atoms with van der Waals surface area (Å²) in [4.78, 5) is 46.3. The van der Waals surface area contributed by atoms with Gasteiger partial charge in [-0.15, -0.1) is 0 Å². The molecule has 190 valence electrons. The largest absolute Gasteiger partial charge is 0.497 e. The summed E-state index contributed by atoms with van der Waals surface area (Å²) in [6.07, 6.45) is 3.31. The zero-order valence-corrected chi connectivity index (χ0v) is 21.0. The second-order valence-electron chi connectivity index (χ2n) is 8.85. The lowest BCUT2D eigenvalue weighted by molar-refractivity contribution is 0.0603. The topological polar surface area (TPSA) is 108 Å². The number of methoxy groups -OCH3 is 2. The predicted molar refractivity (Wildman–Crippen MR) is 137 cm³/mol. The lowest BCUT2D eigenvalue weighted by atomic mass is 10.1. The van der Waals surface area contributed by atoms with E-state index < -0.39 is 11.5 Å². The van der Waals surface area contributed by atoms with Crippen LogP contribution in [0.5, 0.6) is 5.75 Å². The van der Waals surface area contributed by atoms with Crippen molar-refractivity contribution in [2.75, 3.05) is 45.3 Å². The number of nitrogens with zero attached hydrogens (tertiary/aromatic N) is 4. The van der Waals surface area contributed by atoms with E-state index in [1.54, 1.807) is 24.3 Å². The summed E-state index contributed by atoms with van der Waals surface area (Å²) in [7, 11) is 2.85. The number of anilines is 1. The standard InChI is InChI=1S/C26H31N5O5/c1-17(2)8-11-31-23-22(21(26(34)36-4)24(31)29-12-9-27-10-13-29)28-16-30(25(23)33)15-20(32)18-6-5-7-19(14-18)35-3/h5-8,14,16,27H,9-13,15H2,1-4H3. The number of rotatable bonds is 8. The van der Waals surface area contributed by atoms with Crippen molar-refractivity contribution in [3.63, 3.8) is 0 Å². The summed E-state index contributed by atoms with van der Waals surface area (Å²) >= 11 is 0. The number of Topliss-reactive ketones (excluding diaryl/α,β-unsaturated/α-hetero) is 1. The van der Waals surface area contributed by atoms with E-state index in [1.165, 1.54) is 25.1 Å². The molecular weight excluding hydrogens is 462 g/mol. The summed E-state index contributed by atoms with van der Waals surface area (Å²) in [6.45, 7) is 6.95. The molecule has 0 spiro atoms. The first-order valence-corrected chi connectivity index (χ1v) is 11.8. The molecule has 0 saturated carbocycles. The fourth-order valence-corrected chi connectivity index (χ4v) is 4.35. The Morgan fingerprint density at radius 1 is 1.17 bits per heavy atom. The van der Waals surface area contributed by atoms with Gasteiger partial charge in [0.05, 0.1) is 27.1 Å². The van der Waals surface area contributed by atoms with Gasteiger partial charge < -0.3 is 24.3 Å². The third-order valence-corrected chi connectivity index (χ3v) is 6.19. The molecule has 0 atom stereocenters. The van der Waals surface area contributed by atoms with Gasteiger partial charge in [-0.2, -0.15) is 0 Å². The summed E-state index contributed by atoms with van der Waals surface area (Å²) in [5.74, 6) is 0.356. The molecule has 1 aliphatic heterocycles. The number of fused-ring (bicyclic) bond motifs is 1. The van der Waals surface area contributed by atoms with Crippen LogP contribution in [0.25, 0.3) is 11.0 Å². The monoisotopic (exact) mass is 493 g/mol. The number of nitrogens with one attached hydrogen (secondary N) is 1. The van der Waals surface area contributed by atoms with Gasteiger partial charge >= 0.3 is 5.97 Å². The molecule has 3 aromatic rings. The molecule has 0 radical (unpaired) electrons. The molecule has 1 N–H and O–H groups in total. The molecule has 1 saturated heterocycles. The van der Waals surface area contributed by atoms with Crippen molar-refractivity contribution < 1.29 is 19.1 Å². The molecule has 10 heteroatoms. The SMILES string of the molecule is COC(=O)c1c(N2CCNCC2)n(CC=C(C)C)c2c(=O)n(CC(=O)c3cccc(OC)c3)cnc12. The van der Waals surface area contributed by atoms with Gasteiger partial charge in [0.2, 0.25) is 0 Å². The average Bonchev–Trinajstić information content (AvgIpc) is 3.23. The van der Waals surface area contributed by atoms with Crippen molar-refractivity contribution in [1.82, 2.24) is 19.4 Å². The van der Waals surface area contributed by atoms with Gasteiger partial charge in [-0.25, -0.2) is 9.78 Å². The van der Waals surface area contributed by atoms with Crippen molar-refractivity contribution >= 4 is 28.6 Å². The van der Waals surface area contributed by atoms with E-state index in [-0.39, 0.29) is 28.9 Å². The third-order valence-electron chi connectivity index (χ3n) is 6.19. The number of ketones is 1. The van der Waals surface area contributed by atoms with Crippen LogP contribution >= 0.6 is 0 Å². The van der Waals surface area contributed by atoms with Crippen LogP contribution < -0.4 is 20.5 Å². The minimum absolute atomic E-state index is 0.195. The lowest BCUT2D eigenvalue weighted by Gasteiger charge is -2.30. The number of hydrogen-bond acceptors (Lipinski definition) is 8. The summed E-state index contributed by atoms with van der Waals surface area (Å²) in [5.41, 5.74) is 1.90. The molecule has 0 aliphatic carbocycles. The Balaban J connectivity index is 1.88. The Kier molecular flexibility index (Phi) is 7.54. The van der Waals surface area contributed by atoms with Crippen LogP contribution in [0, 0.1) is 0 Å². The predicted octanol–water partition coefficient (Wildman–Crippen LogP) is 2.25. The minimum Gasteiger partial charge on any atom is -0.497 e. The second-order valence-corrected chi connectivity index (χ2v) is 8.85. The molecule has 10 nitrogen and oxygen atoms in total. The third kappa shape index (κ3) is 4.90. The van der Waals surface area contributed by atoms with Crippen molar-refractivity contribution in [3.8, 4) is 5.75 Å². The maximum Gasteiger partial charge on any atom is 0.343 e. The number of ether oxygens (including phenoxy) is 2. The first kappa shape index (κ1) is 25.2. The van der Waals surface area contributed by atoms with Crippen LogP contribution in [0.2, 0.25) is 0 Å². The highest BCUT2D eigenvalue weighted by Gasteiger charge is 2.30. The lowest BCUT2D eigenvalue weighted by Crippen LogP contribution is -2.45. The maximum absolute atomic E-state index is 13.8. The Hall–Kier alpha value is -3.92. The van der Waals surface area contributed by atoms with Gasteiger partial charge in [-0.05, 0) is 26.0 Å². The van der Waals surface area contributed by atoms with Crippen LogP contribution in [0.1, 0.15) is 34.6 Å². The minimum atomic E-state index is -0.554. The smallest absolute Gasteiger partial charge is 0.343 e. The van der Waals surface area contributed by atoms with Gasteiger partial charge in [-0.3, -0.25) is 14.2 Å². The van der Waals surface area contributed by atoms with E-state index in [2.05, 4.69) is 15.2 Å². The van der Waals surface area contributed by atoms with E-state index in [9.17, 15) is 14.4 Å². The number of esters is 1. The molecule has 4 rings (SSSR count). The van der Waals surface area contributed by atoms with Gasteiger partial charge in [-0.1, -0.05) is 23.8 Å².